The van der Waals surface area contributed by atoms with Gasteiger partial charge in [-0.25, -0.2) is 18.7 Å². The Labute approximate surface area is 196 Å². The summed E-state index contributed by atoms with van der Waals surface area (Å²) in [5.41, 5.74) is 13.6. The summed E-state index contributed by atoms with van der Waals surface area (Å²) in [6.07, 6.45) is 3.30. The second kappa shape index (κ2) is 9.85. The zero-order chi connectivity index (χ0) is 24.2. The van der Waals surface area contributed by atoms with E-state index in [4.69, 9.17) is 26.5 Å². The molecule has 9 heteroatoms. The first kappa shape index (κ1) is 23.1. The van der Waals surface area contributed by atoms with Crippen molar-refractivity contribution in [2.75, 3.05) is 25.1 Å². The van der Waals surface area contributed by atoms with Crippen LogP contribution in [0, 0.1) is 23.0 Å². The third-order valence-corrected chi connectivity index (χ3v) is 5.84. The predicted molar refractivity (Wildman–Crippen MR) is 126 cm³/mol. The average Bonchev–Trinajstić information content (AvgIpc) is 2.85. The van der Waals surface area contributed by atoms with Crippen molar-refractivity contribution in [3.8, 4) is 11.8 Å². The van der Waals surface area contributed by atoms with Crippen LogP contribution in [0.5, 0.6) is 5.75 Å². The number of ether oxygens (including phenoxy) is 1. The highest BCUT2D eigenvalue weighted by atomic mass is 19.1. The highest BCUT2D eigenvalue weighted by Gasteiger charge is 2.21. The minimum absolute atomic E-state index is 0.0745. The van der Waals surface area contributed by atoms with E-state index in [1.54, 1.807) is 24.4 Å². The molecule has 0 amide bonds. The Bertz CT molecular complexity index is 1280. The van der Waals surface area contributed by atoms with Gasteiger partial charge in [-0.05, 0) is 48.7 Å². The normalized spacial score (nSPS) is 15.0. The summed E-state index contributed by atoms with van der Waals surface area (Å²) in [4.78, 5) is 11.2. The van der Waals surface area contributed by atoms with E-state index in [-0.39, 0.29) is 28.9 Å². The fourth-order valence-electron chi connectivity index (χ4n) is 3.92. The molecule has 1 saturated heterocycles. The minimum Gasteiger partial charge on any atom is -0.494 e. The van der Waals surface area contributed by atoms with E-state index in [1.165, 1.54) is 37.4 Å². The van der Waals surface area contributed by atoms with Crippen LogP contribution in [0.15, 0.2) is 48.7 Å². The molecule has 7 nitrogen and oxygen atoms in total. The molecular weight excluding hydrogens is 438 g/mol. The molecular formula is C25H24F2N6O. The Kier molecular flexibility index (Phi) is 6.70. The van der Waals surface area contributed by atoms with E-state index in [0.717, 1.165) is 25.9 Å². The molecule has 0 spiro atoms. The van der Waals surface area contributed by atoms with Crippen molar-refractivity contribution in [1.29, 1.82) is 5.26 Å². The van der Waals surface area contributed by atoms with Crippen molar-refractivity contribution in [3.05, 3.63) is 82.8 Å². The Hall–Kier alpha value is -4.03. The van der Waals surface area contributed by atoms with Gasteiger partial charge in [0.1, 0.15) is 17.7 Å². The van der Waals surface area contributed by atoms with Gasteiger partial charge in [0, 0.05) is 30.9 Å². The zero-order valence-corrected chi connectivity index (χ0v) is 18.6. The largest absolute Gasteiger partial charge is 0.494 e. The van der Waals surface area contributed by atoms with E-state index in [2.05, 4.69) is 9.88 Å². The van der Waals surface area contributed by atoms with E-state index >= 15 is 0 Å². The Morgan fingerprint density at radius 3 is 2.44 bits per heavy atom. The lowest BCUT2D eigenvalue weighted by Crippen LogP contribution is -2.40. The molecule has 0 bridgehead atoms. The van der Waals surface area contributed by atoms with Gasteiger partial charge in [-0.3, -0.25) is 0 Å². The number of nitrogens with two attached hydrogens (primary N) is 2. The van der Waals surface area contributed by atoms with E-state index in [1.807, 2.05) is 0 Å². The van der Waals surface area contributed by atoms with Gasteiger partial charge in [0.25, 0.3) is 0 Å². The molecule has 1 aromatic heterocycles. The number of piperidine rings is 1. The second-order valence-electron chi connectivity index (χ2n) is 8.01. The molecule has 1 aliphatic heterocycles. The molecule has 0 atom stereocenters. The van der Waals surface area contributed by atoms with Crippen molar-refractivity contribution in [2.24, 2.45) is 11.5 Å². The summed E-state index contributed by atoms with van der Waals surface area (Å²) < 4.78 is 34.0. The number of rotatable bonds is 5. The van der Waals surface area contributed by atoms with Crippen LogP contribution in [0.4, 0.5) is 14.6 Å². The van der Waals surface area contributed by atoms with Crippen molar-refractivity contribution in [2.45, 2.75) is 18.9 Å². The van der Waals surface area contributed by atoms with Crippen molar-refractivity contribution in [3.63, 3.8) is 0 Å². The van der Waals surface area contributed by atoms with Crippen LogP contribution in [-0.2, 0) is 0 Å². The van der Waals surface area contributed by atoms with Crippen LogP contribution in [-0.4, -0.2) is 36.2 Å². The lowest BCUT2D eigenvalue weighted by Gasteiger charge is -2.31. The molecule has 0 unspecified atom stereocenters. The summed E-state index contributed by atoms with van der Waals surface area (Å²) in [6, 6.07) is 12.2. The third-order valence-electron chi connectivity index (χ3n) is 5.84. The Morgan fingerprint density at radius 2 is 1.79 bits per heavy atom. The summed E-state index contributed by atoms with van der Waals surface area (Å²) in [5, 5.41) is 9.04. The lowest BCUT2D eigenvalue weighted by molar-refractivity contribution is 0.386. The number of methoxy groups -OCH3 is 1. The zero-order valence-electron chi connectivity index (χ0n) is 18.6. The van der Waals surface area contributed by atoms with E-state index in [0.29, 0.717) is 22.5 Å². The fraction of sp³-hybridized carbons (Fsp3) is 0.240. The smallest absolute Gasteiger partial charge is 0.165 e. The van der Waals surface area contributed by atoms with Crippen molar-refractivity contribution >= 4 is 17.1 Å². The maximum atomic E-state index is 14.6. The van der Waals surface area contributed by atoms with Crippen LogP contribution in [0.1, 0.15) is 35.4 Å². The molecule has 0 radical (unpaired) electrons. The number of nitriles is 1. The Balaban J connectivity index is 1.86. The summed E-state index contributed by atoms with van der Waals surface area (Å²) in [5.74, 6) is -0.258. The van der Waals surface area contributed by atoms with E-state index < -0.39 is 11.6 Å². The molecule has 4 rings (SSSR count). The topological polar surface area (TPSA) is 114 Å². The summed E-state index contributed by atoms with van der Waals surface area (Å²) in [6.45, 7) is 1.51. The van der Waals surface area contributed by atoms with Gasteiger partial charge in [0.2, 0.25) is 0 Å². The maximum Gasteiger partial charge on any atom is 0.165 e. The number of halogens is 2. The first-order valence-corrected chi connectivity index (χ1v) is 10.8. The van der Waals surface area contributed by atoms with Crippen molar-refractivity contribution in [1.82, 2.24) is 9.97 Å². The van der Waals surface area contributed by atoms with Crippen LogP contribution in [0.2, 0.25) is 0 Å². The minimum atomic E-state index is -0.706. The van der Waals surface area contributed by atoms with Gasteiger partial charge in [0.15, 0.2) is 17.4 Å². The van der Waals surface area contributed by atoms with Gasteiger partial charge in [-0.15, -0.1) is 0 Å². The first-order chi connectivity index (χ1) is 16.4. The lowest BCUT2D eigenvalue weighted by atomic mass is 9.97. The third kappa shape index (κ3) is 4.67. The molecule has 0 aliphatic carbocycles. The first-order valence-electron chi connectivity index (χ1n) is 10.8. The number of nitrogens with zero attached hydrogens (tertiary/aromatic N) is 4. The van der Waals surface area contributed by atoms with Crippen molar-refractivity contribution < 1.29 is 13.5 Å². The molecule has 0 saturated carbocycles. The van der Waals surface area contributed by atoms with Crippen LogP contribution < -0.4 is 21.1 Å². The fourth-order valence-corrected chi connectivity index (χ4v) is 3.92. The van der Waals surface area contributed by atoms with Gasteiger partial charge in [-0.1, -0.05) is 12.1 Å². The SMILES string of the molecule is COc1ccc(C(=C(N)c2ccc(C#N)c(F)c2)c2nccc(N3CCC(N)CC3)n2)cc1F. The second-order valence-corrected chi connectivity index (χ2v) is 8.01. The van der Waals surface area contributed by atoms with Crippen LogP contribution in [0.3, 0.4) is 0 Å². The number of anilines is 1. The summed E-state index contributed by atoms with van der Waals surface area (Å²) in [7, 11) is 1.37. The molecule has 1 fully saturated rings. The number of hydrogen-bond acceptors (Lipinski definition) is 7. The predicted octanol–water partition coefficient (Wildman–Crippen LogP) is 3.44. The number of aromatic nitrogens is 2. The molecule has 1 aliphatic rings. The molecule has 2 heterocycles. The van der Waals surface area contributed by atoms with Gasteiger partial charge >= 0.3 is 0 Å². The Morgan fingerprint density at radius 1 is 1.09 bits per heavy atom. The monoisotopic (exact) mass is 462 g/mol. The molecule has 174 valence electrons. The summed E-state index contributed by atoms with van der Waals surface area (Å²) >= 11 is 0. The molecule has 2 aromatic carbocycles. The highest BCUT2D eigenvalue weighted by molar-refractivity contribution is 5.95. The molecule has 34 heavy (non-hydrogen) atoms. The highest BCUT2D eigenvalue weighted by Crippen LogP contribution is 2.32. The number of hydrogen-bond donors (Lipinski definition) is 2. The van der Waals surface area contributed by atoms with Gasteiger partial charge in [-0.2, -0.15) is 5.26 Å². The van der Waals surface area contributed by atoms with Gasteiger partial charge < -0.3 is 21.1 Å². The average molecular weight is 463 g/mol. The maximum absolute atomic E-state index is 14.6. The standard InChI is InChI=1S/C25H24F2N6O/c1-34-21-5-4-15(12-20(21)27)23(24(30)16-2-3-17(14-28)19(26)13-16)25-31-9-6-22(32-25)33-10-7-18(29)8-11-33/h2-6,9,12-13,18H,7-8,10-11,29-30H2,1H3. The van der Waals surface area contributed by atoms with Crippen LogP contribution >= 0.6 is 0 Å². The number of benzene rings is 2. The molecule has 3 aromatic rings. The van der Waals surface area contributed by atoms with E-state index in [9.17, 15) is 8.78 Å². The quantitative estimate of drug-likeness (QED) is 0.558. The van der Waals surface area contributed by atoms with Gasteiger partial charge in [0.05, 0.1) is 23.9 Å². The molecule has 4 N–H and O–H groups in total. The van der Waals surface area contributed by atoms with Crippen LogP contribution in [0.25, 0.3) is 11.3 Å².